The molecule has 1 unspecified atom stereocenters. The Hall–Kier alpha value is 0.1000. The molecular weight excluding hydrogens is 262 g/mol. The molecule has 14 heavy (non-hydrogen) atoms. The molecule has 0 spiro atoms. The van der Waals surface area contributed by atoms with E-state index in [2.05, 4.69) is 32.7 Å². The number of hydrogen-bond acceptors (Lipinski definition) is 3. The highest BCUT2D eigenvalue weighted by Crippen LogP contribution is 2.20. The molecule has 80 valence electrons. The van der Waals surface area contributed by atoms with Crippen LogP contribution in [0.2, 0.25) is 0 Å². The first-order valence-electron chi connectivity index (χ1n) is 4.58. The molecule has 0 radical (unpaired) electrons. The topological polar surface area (TPSA) is 32.3 Å². The summed E-state index contributed by atoms with van der Waals surface area (Å²) < 4.78 is 1.12. The van der Waals surface area contributed by atoms with Gasteiger partial charge in [-0.05, 0) is 42.8 Å². The minimum atomic E-state index is -0.356. The summed E-state index contributed by atoms with van der Waals surface area (Å²) >= 11 is 5.13. The zero-order valence-corrected chi connectivity index (χ0v) is 11.1. The van der Waals surface area contributed by atoms with Crippen LogP contribution in [-0.4, -0.2) is 16.7 Å². The number of halogens is 1. The van der Waals surface area contributed by atoms with Crippen molar-refractivity contribution < 1.29 is 5.11 Å². The van der Waals surface area contributed by atoms with Crippen molar-refractivity contribution in [2.45, 2.75) is 39.0 Å². The van der Waals surface area contributed by atoms with E-state index < -0.39 is 0 Å². The van der Waals surface area contributed by atoms with E-state index in [1.54, 1.807) is 18.3 Å². The van der Waals surface area contributed by atoms with Gasteiger partial charge in [0.05, 0.1) is 6.10 Å². The molecule has 1 rings (SSSR count). The van der Waals surface area contributed by atoms with E-state index in [9.17, 15) is 5.11 Å². The van der Waals surface area contributed by atoms with Crippen LogP contribution in [0.3, 0.4) is 0 Å². The molecule has 0 aromatic carbocycles. The Morgan fingerprint density at radius 3 is 2.71 bits per heavy atom. The Bertz CT molecular complexity index is 296. The summed E-state index contributed by atoms with van der Waals surface area (Å²) in [7, 11) is 0. The molecule has 0 aliphatic heterocycles. The number of aliphatic hydroxyl groups excluding tert-OH is 1. The van der Waals surface area contributed by atoms with E-state index in [4.69, 9.17) is 0 Å². The maximum absolute atomic E-state index is 9.50. The molecule has 1 atom stereocenters. The summed E-state index contributed by atoms with van der Waals surface area (Å²) in [5.41, 5.74) is -0.240. The van der Waals surface area contributed by atoms with Gasteiger partial charge in [0, 0.05) is 26.8 Å². The van der Waals surface area contributed by atoms with Crippen molar-refractivity contribution >= 4 is 27.3 Å². The summed E-state index contributed by atoms with van der Waals surface area (Å²) in [5, 5.41) is 14.9. The molecule has 0 amide bonds. The van der Waals surface area contributed by atoms with Gasteiger partial charge in [-0.15, -0.1) is 11.3 Å². The highest BCUT2D eigenvalue weighted by atomic mass is 79.9. The summed E-state index contributed by atoms with van der Waals surface area (Å²) in [5.74, 6) is 0. The van der Waals surface area contributed by atoms with Gasteiger partial charge in [0.15, 0.2) is 0 Å². The van der Waals surface area contributed by atoms with E-state index in [0.717, 1.165) is 11.0 Å². The van der Waals surface area contributed by atoms with Crippen LogP contribution < -0.4 is 5.32 Å². The summed E-state index contributed by atoms with van der Waals surface area (Å²) in [4.78, 5) is 1.27. The van der Waals surface area contributed by atoms with E-state index in [1.165, 1.54) is 4.88 Å². The zero-order valence-electron chi connectivity index (χ0n) is 8.67. The lowest BCUT2D eigenvalue weighted by atomic mass is 9.99. The van der Waals surface area contributed by atoms with E-state index in [-0.39, 0.29) is 11.6 Å². The first-order chi connectivity index (χ1) is 6.42. The Morgan fingerprint density at radius 2 is 2.29 bits per heavy atom. The van der Waals surface area contributed by atoms with Crippen LogP contribution in [-0.2, 0) is 6.54 Å². The van der Waals surface area contributed by atoms with Crippen molar-refractivity contribution in [1.82, 2.24) is 5.32 Å². The first kappa shape index (κ1) is 12.2. The Labute approximate surface area is 97.5 Å². The molecule has 0 aliphatic carbocycles. The average Bonchev–Trinajstić information content (AvgIpc) is 2.48. The highest BCUT2D eigenvalue weighted by Gasteiger charge is 2.22. The summed E-state index contributed by atoms with van der Waals surface area (Å²) in [6.45, 7) is 6.60. The van der Waals surface area contributed by atoms with Gasteiger partial charge < -0.3 is 10.4 Å². The largest absolute Gasteiger partial charge is 0.392 e. The maximum Gasteiger partial charge on any atom is 0.0688 e. The van der Waals surface area contributed by atoms with E-state index in [0.29, 0.717) is 0 Å². The standard InChI is InChI=1S/C10H16BrNOS/c1-7(13)10(2,3)12-5-9-4-8(11)6-14-9/h4,6-7,12-13H,5H2,1-3H3. The Morgan fingerprint density at radius 1 is 1.64 bits per heavy atom. The fourth-order valence-corrected chi connectivity index (χ4v) is 2.30. The van der Waals surface area contributed by atoms with Crippen molar-refractivity contribution in [2.24, 2.45) is 0 Å². The smallest absolute Gasteiger partial charge is 0.0688 e. The molecule has 0 fully saturated rings. The highest BCUT2D eigenvalue weighted by molar-refractivity contribution is 9.10. The van der Waals surface area contributed by atoms with Crippen LogP contribution >= 0.6 is 27.3 Å². The van der Waals surface area contributed by atoms with Gasteiger partial charge in [-0.25, -0.2) is 0 Å². The van der Waals surface area contributed by atoms with Crippen LogP contribution in [0.5, 0.6) is 0 Å². The molecule has 0 saturated heterocycles. The number of nitrogens with one attached hydrogen (secondary N) is 1. The fraction of sp³-hybridized carbons (Fsp3) is 0.600. The zero-order chi connectivity index (χ0) is 10.8. The molecule has 0 aliphatic rings. The summed E-state index contributed by atoms with van der Waals surface area (Å²) in [6, 6.07) is 2.09. The number of rotatable bonds is 4. The third kappa shape index (κ3) is 3.35. The number of hydrogen-bond donors (Lipinski definition) is 2. The predicted octanol–water partition coefficient (Wildman–Crippen LogP) is 2.76. The molecule has 0 bridgehead atoms. The minimum absolute atomic E-state index is 0.240. The van der Waals surface area contributed by atoms with Crippen molar-refractivity contribution in [3.63, 3.8) is 0 Å². The Balaban J connectivity index is 2.48. The monoisotopic (exact) mass is 277 g/mol. The van der Waals surface area contributed by atoms with Gasteiger partial charge in [0.25, 0.3) is 0 Å². The molecule has 1 aromatic heterocycles. The van der Waals surface area contributed by atoms with E-state index >= 15 is 0 Å². The first-order valence-corrected chi connectivity index (χ1v) is 6.25. The van der Waals surface area contributed by atoms with Crippen LogP contribution in [0.25, 0.3) is 0 Å². The maximum atomic E-state index is 9.50. The van der Waals surface area contributed by atoms with Crippen LogP contribution in [0.4, 0.5) is 0 Å². The minimum Gasteiger partial charge on any atom is -0.392 e. The summed E-state index contributed by atoms with van der Waals surface area (Å²) in [6.07, 6.45) is -0.356. The normalized spacial score (nSPS) is 14.4. The van der Waals surface area contributed by atoms with Crippen LogP contribution in [0, 0.1) is 0 Å². The lowest BCUT2D eigenvalue weighted by Gasteiger charge is -2.29. The number of thiophene rings is 1. The second-order valence-corrected chi connectivity index (χ2v) is 5.89. The molecule has 2 N–H and O–H groups in total. The molecule has 4 heteroatoms. The molecule has 1 heterocycles. The quantitative estimate of drug-likeness (QED) is 0.887. The SMILES string of the molecule is CC(O)C(C)(C)NCc1cc(Br)cs1. The van der Waals surface area contributed by atoms with Crippen molar-refractivity contribution in [1.29, 1.82) is 0 Å². The molecule has 1 aromatic rings. The fourth-order valence-electron chi connectivity index (χ4n) is 0.909. The third-order valence-corrected chi connectivity index (χ3v) is 4.08. The molecule has 0 saturated carbocycles. The average molecular weight is 278 g/mol. The van der Waals surface area contributed by atoms with Crippen molar-refractivity contribution in [3.8, 4) is 0 Å². The van der Waals surface area contributed by atoms with Gasteiger partial charge in [-0.3, -0.25) is 0 Å². The van der Waals surface area contributed by atoms with Crippen molar-refractivity contribution in [2.75, 3.05) is 0 Å². The second kappa shape index (κ2) is 4.75. The van der Waals surface area contributed by atoms with Gasteiger partial charge in [-0.1, -0.05) is 0 Å². The van der Waals surface area contributed by atoms with Gasteiger partial charge in [0.2, 0.25) is 0 Å². The third-order valence-electron chi connectivity index (χ3n) is 2.38. The molecular formula is C10H16BrNOS. The van der Waals surface area contributed by atoms with Gasteiger partial charge in [0.1, 0.15) is 0 Å². The predicted molar refractivity (Wildman–Crippen MR) is 64.6 cm³/mol. The Kier molecular flexibility index (Phi) is 4.13. The lowest BCUT2D eigenvalue weighted by Crippen LogP contribution is -2.47. The van der Waals surface area contributed by atoms with Gasteiger partial charge in [-0.2, -0.15) is 0 Å². The van der Waals surface area contributed by atoms with Gasteiger partial charge >= 0.3 is 0 Å². The van der Waals surface area contributed by atoms with E-state index in [1.807, 2.05) is 13.8 Å². The lowest BCUT2D eigenvalue weighted by molar-refractivity contribution is 0.0958. The second-order valence-electron chi connectivity index (χ2n) is 3.98. The molecule has 2 nitrogen and oxygen atoms in total. The van der Waals surface area contributed by atoms with Crippen LogP contribution in [0.1, 0.15) is 25.6 Å². The van der Waals surface area contributed by atoms with Crippen molar-refractivity contribution in [3.05, 3.63) is 20.8 Å². The number of aliphatic hydroxyl groups is 1. The van der Waals surface area contributed by atoms with Crippen LogP contribution in [0.15, 0.2) is 15.9 Å².